The van der Waals surface area contributed by atoms with Crippen LogP contribution in [0.3, 0.4) is 0 Å². The van der Waals surface area contributed by atoms with Crippen LogP contribution in [-0.4, -0.2) is 49.4 Å². The van der Waals surface area contributed by atoms with E-state index in [0.717, 1.165) is 24.9 Å². The summed E-state index contributed by atoms with van der Waals surface area (Å²) >= 11 is 5.92. The molecule has 1 N–H and O–H groups in total. The monoisotopic (exact) mass is 337 g/mol. The lowest BCUT2D eigenvalue weighted by Gasteiger charge is -2.41. The van der Waals surface area contributed by atoms with E-state index in [1.54, 1.807) is 29.0 Å². The second-order valence-electron chi connectivity index (χ2n) is 5.83. The molecule has 1 aliphatic rings. The van der Waals surface area contributed by atoms with Gasteiger partial charge in [0.2, 0.25) is 11.8 Å². The van der Waals surface area contributed by atoms with Gasteiger partial charge < -0.3 is 15.1 Å². The average Bonchev–Trinajstić information content (AvgIpc) is 2.54. The first-order valence-electron chi connectivity index (χ1n) is 8.06. The Bertz CT molecular complexity index is 547. The van der Waals surface area contributed by atoms with Gasteiger partial charge >= 0.3 is 0 Å². The second-order valence-corrected chi connectivity index (χ2v) is 6.27. The summed E-state index contributed by atoms with van der Waals surface area (Å²) in [6, 6.07) is 7.32. The van der Waals surface area contributed by atoms with E-state index >= 15 is 0 Å². The van der Waals surface area contributed by atoms with E-state index < -0.39 is 0 Å². The molecule has 0 bridgehead atoms. The van der Waals surface area contributed by atoms with Crippen LogP contribution < -0.4 is 10.2 Å². The van der Waals surface area contributed by atoms with E-state index in [4.69, 9.17) is 11.6 Å². The van der Waals surface area contributed by atoms with Crippen molar-refractivity contribution >= 4 is 29.1 Å². The third-order valence-electron chi connectivity index (χ3n) is 4.12. The predicted octanol–water partition coefficient (Wildman–Crippen LogP) is 2.29. The number of carbonyl (C=O) groups is 2. The molecule has 0 aromatic heterocycles. The van der Waals surface area contributed by atoms with Crippen LogP contribution in [0.4, 0.5) is 5.69 Å². The van der Waals surface area contributed by atoms with Crippen LogP contribution >= 0.6 is 11.6 Å². The minimum absolute atomic E-state index is 0.0160. The molecule has 0 radical (unpaired) electrons. The molecule has 126 valence electrons. The van der Waals surface area contributed by atoms with E-state index in [0.29, 0.717) is 11.6 Å². The van der Waals surface area contributed by atoms with Crippen LogP contribution in [0.2, 0.25) is 5.02 Å². The summed E-state index contributed by atoms with van der Waals surface area (Å²) in [5.41, 5.74) is 0.835. The molecule has 0 unspecified atom stereocenters. The highest BCUT2D eigenvalue weighted by atomic mass is 35.5. The number of carbonyl (C=O) groups excluding carboxylic acids is 2. The molecule has 1 aromatic carbocycles. The number of halogens is 1. The van der Waals surface area contributed by atoms with Gasteiger partial charge in [-0.3, -0.25) is 9.59 Å². The highest BCUT2D eigenvalue weighted by molar-refractivity contribution is 6.30. The van der Waals surface area contributed by atoms with E-state index in [-0.39, 0.29) is 30.9 Å². The van der Waals surface area contributed by atoms with Crippen LogP contribution in [0.25, 0.3) is 0 Å². The van der Waals surface area contributed by atoms with Crippen molar-refractivity contribution in [2.75, 3.05) is 31.6 Å². The number of hydrogen-bond donors (Lipinski definition) is 1. The molecule has 1 aliphatic heterocycles. The molecule has 2 rings (SSSR count). The zero-order chi connectivity index (χ0) is 16.8. The van der Waals surface area contributed by atoms with Crippen molar-refractivity contribution in [3.05, 3.63) is 29.3 Å². The first-order chi connectivity index (χ1) is 11.1. The standard InChI is InChI=1S/C17H24ClN3O2/c1-3-4-5-15-11-20(14-8-6-13(18)7-9-14)17(23)12-21(15)16(22)10-19-2/h6-9,15,19H,3-5,10-12H2,1-2H3/t15-/m0/s1. The van der Waals surface area contributed by atoms with Gasteiger partial charge in [0.05, 0.1) is 12.6 Å². The summed E-state index contributed by atoms with van der Waals surface area (Å²) in [4.78, 5) is 28.3. The maximum Gasteiger partial charge on any atom is 0.246 e. The normalized spacial score (nSPS) is 18.4. The number of piperazine rings is 1. The fraction of sp³-hybridized carbons (Fsp3) is 0.529. The fourth-order valence-corrected chi connectivity index (χ4v) is 3.00. The maximum absolute atomic E-state index is 12.5. The smallest absolute Gasteiger partial charge is 0.246 e. The summed E-state index contributed by atoms with van der Waals surface area (Å²) in [5, 5.41) is 3.52. The van der Waals surface area contributed by atoms with Crippen molar-refractivity contribution in [2.45, 2.75) is 32.2 Å². The average molecular weight is 338 g/mol. The summed E-state index contributed by atoms with van der Waals surface area (Å²) in [5.74, 6) is -0.0674. The van der Waals surface area contributed by atoms with Crippen molar-refractivity contribution in [1.82, 2.24) is 10.2 Å². The lowest BCUT2D eigenvalue weighted by atomic mass is 10.0. The van der Waals surface area contributed by atoms with Gasteiger partial charge in [0.15, 0.2) is 0 Å². The number of anilines is 1. The molecular weight excluding hydrogens is 314 g/mol. The first kappa shape index (κ1) is 17.8. The Kier molecular flexibility index (Phi) is 6.42. The largest absolute Gasteiger partial charge is 0.327 e. The van der Waals surface area contributed by atoms with Gasteiger partial charge in [-0.05, 0) is 37.7 Å². The van der Waals surface area contributed by atoms with Crippen molar-refractivity contribution in [2.24, 2.45) is 0 Å². The van der Waals surface area contributed by atoms with Crippen LogP contribution in [0, 0.1) is 0 Å². The van der Waals surface area contributed by atoms with Crippen LogP contribution in [0.15, 0.2) is 24.3 Å². The van der Waals surface area contributed by atoms with Crippen LogP contribution in [0.1, 0.15) is 26.2 Å². The number of benzene rings is 1. The first-order valence-corrected chi connectivity index (χ1v) is 8.44. The van der Waals surface area contributed by atoms with Gasteiger partial charge in [-0.25, -0.2) is 0 Å². The molecule has 1 atom stereocenters. The number of amides is 2. The highest BCUT2D eigenvalue weighted by Gasteiger charge is 2.34. The highest BCUT2D eigenvalue weighted by Crippen LogP contribution is 2.24. The van der Waals surface area contributed by atoms with Gasteiger partial charge in [0.25, 0.3) is 0 Å². The fourth-order valence-electron chi connectivity index (χ4n) is 2.87. The summed E-state index contributed by atoms with van der Waals surface area (Å²) in [7, 11) is 1.74. The minimum atomic E-state index is -0.0514. The summed E-state index contributed by atoms with van der Waals surface area (Å²) in [6.45, 7) is 3.06. The molecule has 1 saturated heterocycles. The van der Waals surface area contributed by atoms with Crippen molar-refractivity contribution in [3.8, 4) is 0 Å². The Morgan fingerprint density at radius 3 is 2.65 bits per heavy atom. The molecule has 1 aromatic rings. The number of unbranched alkanes of at least 4 members (excludes halogenated alkanes) is 1. The predicted molar refractivity (Wildman–Crippen MR) is 92.8 cm³/mol. The van der Waals surface area contributed by atoms with Crippen molar-refractivity contribution in [3.63, 3.8) is 0 Å². The molecule has 2 amide bonds. The number of nitrogens with zero attached hydrogens (tertiary/aromatic N) is 2. The third kappa shape index (κ3) is 4.45. The Morgan fingerprint density at radius 2 is 2.04 bits per heavy atom. The Morgan fingerprint density at radius 1 is 1.35 bits per heavy atom. The SMILES string of the molecule is CCCC[C@H]1CN(c2ccc(Cl)cc2)C(=O)CN1C(=O)CNC. The van der Waals surface area contributed by atoms with Gasteiger partial charge in [-0.1, -0.05) is 31.4 Å². The lowest BCUT2D eigenvalue weighted by molar-refractivity contribution is -0.139. The van der Waals surface area contributed by atoms with Gasteiger partial charge in [0, 0.05) is 17.3 Å². The van der Waals surface area contributed by atoms with Crippen molar-refractivity contribution in [1.29, 1.82) is 0 Å². The molecule has 5 nitrogen and oxygen atoms in total. The molecular formula is C17H24ClN3O2. The van der Waals surface area contributed by atoms with E-state index in [1.807, 2.05) is 12.1 Å². The molecule has 1 fully saturated rings. The maximum atomic E-state index is 12.5. The molecule has 1 heterocycles. The zero-order valence-corrected chi connectivity index (χ0v) is 14.5. The van der Waals surface area contributed by atoms with E-state index in [9.17, 15) is 9.59 Å². The topological polar surface area (TPSA) is 52.7 Å². The van der Waals surface area contributed by atoms with Gasteiger partial charge in [-0.2, -0.15) is 0 Å². The zero-order valence-electron chi connectivity index (χ0n) is 13.7. The third-order valence-corrected chi connectivity index (χ3v) is 4.37. The lowest BCUT2D eigenvalue weighted by Crippen LogP contribution is -2.59. The Labute approximate surface area is 142 Å². The molecule has 23 heavy (non-hydrogen) atoms. The molecule has 0 spiro atoms. The number of nitrogens with one attached hydrogen (secondary N) is 1. The quantitative estimate of drug-likeness (QED) is 0.866. The van der Waals surface area contributed by atoms with Crippen LogP contribution in [0.5, 0.6) is 0 Å². The minimum Gasteiger partial charge on any atom is -0.327 e. The molecule has 0 saturated carbocycles. The summed E-state index contributed by atoms with van der Waals surface area (Å²) in [6.07, 6.45) is 3.01. The number of hydrogen-bond acceptors (Lipinski definition) is 3. The molecule has 6 heteroatoms. The second kappa shape index (κ2) is 8.31. The Balaban J connectivity index is 2.17. The number of rotatable bonds is 6. The van der Waals surface area contributed by atoms with Gasteiger partial charge in [0.1, 0.15) is 6.54 Å². The number of likely N-dealkylation sites (N-methyl/N-ethyl adjacent to an activating group) is 1. The summed E-state index contributed by atoms with van der Waals surface area (Å²) < 4.78 is 0. The van der Waals surface area contributed by atoms with Gasteiger partial charge in [-0.15, -0.1) is 0 Å². The van der Waals surface area contributed by atoms with Crippen LogP contribution in [-0.2, 0) is 9.59 Å². The van der Waals surface area contributed by atoms with E-state index in [1.165, 1.54) is 0 Å². The van der Waals surface area contributed by atoms with E-state index in [2.05, 4.69) is 12.2 Å². The van der Waals surface area contributed by atoms with Crippen molar-refractivity contribution < 1.29 is 9.59 Å². The molecule has 0 aliphatic carbocycles. The Hall–Kier alpha value is -1.59.